The molecule has 0 amide bonds. The quantitative estimate of drug-likeness (QED) is 0.651. The van der Waals surface area contributed by atoms with E-state index in [2.05, 4.69) is 4.98 Å². The van der Waals surface area contributed by atoms with Gasteiger partial charge in [0.25, 0.3) is 0 Å². The fraction of sp³-hybridized carbons (Fsp3) is 0.0588. The molecule has 0 bridgehead atoms. The van der Waals surface area contributed by atoms with Gasteiger partial charge in [-0.05, 0) is 42.8 Å². The Kier molecular flexibility index (Phi) is 3.25. The van der Waals surface area contributed by atoms with Gasteiger partial charge in [-0.25, -0.2) is 0 Å². The molecule has 0 saturated heterocycles. The van der Waals surface area contributed by atoms with Crippen LogP contribution < -0.4 is 0 Å². The van der Waals surface area contributed by atoms with Crippen LogP contribution in [0.15, 0.2) is 54.7 Å². The first kappa shape index (κ1) is 12.8. The molecule has 3 heteroatoms. The molecule has 0 N–H and O–H groups in total. The van der Waals surface area contributed by atoms with Gasteiger partial charge in [0, 0.05) is 27.7 Å². The molecular formula is C17H12ClNO. The minimum Gasteiger partial charge on any atom is -0.289 e. The Bertz CT molecular complexity index is 811. The Morgan fingerprint density at radius 2 is 1.85 bits per heavy atom. The maximum atomic E-state index is 12.5. The minimum atomic E-state index is -0.0389. The monoisotopic (exact) mass is 281 g/mol. The van der Waals surface area contributed by atoms with Crippen LogP contribution in [0.5, 0.6) is 0 Å². The highest BCUT2D eigenvalue weighted by Crippen LogP contribution is 2.20. The summed E-state index contributed by atoms with van der Waals surface area (Å²) in [5.41, 5.74) is 3.00. The highest BCUT2D eigenvalue weighted by atomic mass is 35.5. The number of fused-ring (bicyclic) bond motifs is 1. The highest BCUT2D eigenvalue weighted by Gasteiger charge is 2.11. The largest absolute Gasteiger partial charge is 0.289 e. The molecule has 20 heavy (non-hydrogen) atoms. The van der Waals surface area contributed by atoms with Crippen LogP contribution in [0, 0.1) is 6.92 Å². The van der Waals surface area contributed by atoms with E-state index in [-0.39, 0.29) is 5.78 Å². The lowest BCUT2D eigenvalue weighted by Gasteiger charge is -2.05. The minimum absolute atomic E-state index is 0.0389. The first-order valence-electron chi connectivity index (χ1n) is 6.31. The van der Waals surface area contributed by atoms with Gasteiger partial charge >= 0.3 is 0 Å². The highest BCUT2D eigenvalue weighted by molar-refractivity contribution is 6.31. The number of carbonyl (C=O) groups excluding carboxylic acids is 1. The van der Waals surface area contributed by atoms with Gasteiger partial charge in [-0.3, -0.25) is 9.78 Å². The summed E-state index contributed by atoms with van der Waals surface area (Å²) < 4.78 is 0. The Labute approximate surface area is 122 Å². The van der Waals surface area contributed by atoms with E-state index in [4.69, 9.17) is 11.6 Å². The van der Waals surface area contributed by atoms with E-state index in [1.807, 2.05) is 37.3 Å². The van der Waals surface area contributed by atoms with E-state index in [9.17, 15) is 4.79 Å². The van der Waals surface area contributed by atoms with Crippen LogP contribution in [0.4, 0.5) is 0 Å². The maximum Gasteiger partial charge on any atom is 0.194 e. The number of aromatic nitrogens is 1. The summed E-state index contributed by atoms with van der Waals surface area (Å²) in [5, 5.41) is 1.63. The molecule has 1 heterocycles. The number of ketones is 1. The summed E-state index contributed by atoms with van der Waals surface area (Å²) in [6, 6.07) is 14.9. The van der Waals surface area contributed by atoms with Crippen LogP contribution in [0.1, 0.15) is 21.5 Å². The fourth-order valence-electron chi connectivity index (χ4n) is 2.15. The Balaban J connectivity index is 2.05. The van der Waals surface area contributed by atoms with Crippen molar-refractivity contribution in [3.8, 4) is 0 Å². The van der Waals surface area contributed by atoms with Crippen molar-refractivity contribution in [3.63, 3.8) is 0 Å². The van der Waals surface area contributed by atoms with Gasteiger partial charge in [0.1, 0.15) is 0 Å². The zero-order chi connectivity index (χ0) is 14.1. The van der Waals surface area contributed by atoms with Crippen LogP contribution in [-0.2, 0) is 0 Å². The Hall–Kier alpha value is -2.19. The third-order valence-electron chi connectivity index (χ3n) is 3.27. The lowest BCUT2D eigenvalue weighted by Crippen LogP contribution is -2.02. The Morgan fingerprint density at radius 3 is 2.65 bits per heavy atom. The van der Waals surface area contributed by atoms with E-state index in [1.165, 1.54) is 0 Å². The van der Waals surface area contributed by atoms with Gasteiger partial charge in [0.15, 0.2) is 5.78 Å². The first-order chi connectivity index (χ1) is 9.65. The number of carbonyl (C=O) groups is 1. The molecule has 0 aliphatic heterocycles. The molecule has 0 atom stereocenters. The first-order valence-corrected chi connectivity index (χ1v) is 6.68. The second kappa shape index (κ2) is 5.06. The molecule has 0 aliphatic rings. The third kappa shape index (κ3) is 2.30. The zero-order valence-corrected chi connectivity index (χ0v) is 11.7. The number of para-hydroxylation sites is 1. The van der Waals surface area contributed by atoms with Crippen molar-refractivity contribution in [1.82, 2.24) is 4.98 Å². The van der Waals surface area contributed by atoms with Crippen molar-refractivity contribution in [2.75, 3.05) is 0 Å². The van der Waals surface area contributed by atoms with Crippen molar-refractivity contribution in [3.05, 3.63) is 76.4 Å². The second-order valence-electron chi connectivity index (χ2n) is 4.71. The molecule has 0 fully saturated rings. The smallest absolute Gasteiger partial charge is 0.194 e. The number of halogens is 1. The molecule has 3 aromatic rings. The number of hydrogen-bond acceptors (Lipinski definition) is 2. The third-order valence-corrected chi connectivity index (χ3v) is 3.70. The molecular weight excluding hydrogens is 270 g/mol. The van der Waals surface area contributed by atoms with E-state index in [0.717, 1.165) is 16.5 Å². The molecule has 2 nitrogen and oxygen atoms in total. The van der Waals surface area contributed by atoms with Crippen molar-refractivity contribution >= 4 is 28.3 Å². The van der Waals surface area contributed by atoms with Crippen molar-refractivity contribution in [2.45, 2.75) is 6.92 Å². The number of aryl methyl sites for hydroxylation is 1. The summed E-state index contributed by atoms with van der Waals surface area (Å²) in [6.07, 6.45) is 1.62. The zero-order valence-electron chi connectivity index (χ0n) is 10.9. The summed E-state index contributed by atoms with van der Waals surface area (Å²) in [7, 11) is 0. The van der Waals surface area contributed by atoms with Gasteiger partial charge < -0.3 is 0 Å². The van der Waals surface area contributed by atoms with Crippen LogP contribution in [0.3, 0.4) is 0 Å². The standard InChI is InChI=1S/C17H12ClNO/c1-11-8-13(6-7-15(11)18)17(20)14-9-12-4-2-3-5-16(12)19-10-14/h2-10H,1H3. The maximum absolute atomic E-state index is 12.5. The number of hydrogen-bond donors (Lipinski definition) is 0. The molecule has 2 aromatic carbocycles. The number of nitrogens with zero attached hydrogens (tertiary/aromatic N) is 1. The Morgan fingerprint density at radius 1 is 1.05 bits per heavy atom. The predicted molar refractivity (Wildman–Crippen MR) is 81.4 cm³/mol. The number of pyridine rings is 1. The average Bonchev–Trinajstić information content (AvgIpc) is 2.49. The number of rotatable bonds is 2. The molecule has 0 aliphatic carbocycles. The summed E-state index contributed by atoms with van der Waals surface area (Å²) in [4.78, 5) is 16.8. The average molecular weight is 282 g/mol. The van der Waals surface area contributed by atoms with Gasteiger partial charge in [0.2, 0.25) is 0 Å². The topological polar surface area (TPSA) is 30.0 Å². The molecule has 1 aromatic heterocycles. The van der Waals surface area contributed by atoms with Gasteiger partial charge in [-0.1, -0.05) is 29.8 Å². The van der Waals surface area contributed by atoms with Crippen molar-refractivity contribution in [2.24, 2.45) is 0 Å². The SMILES string of the molecule is Cc1cc(C(=O)c2cnc3ccccc3c2)ccc1Cl. The van der Waals surface area contributed by atoms with Gasteiger partial charge in [-0.2, -0.15) is 0 Å². The summed E-state index contributed by atoms with van der Waals surface area (Å²) in [5.74, 6) is -0.0389. The predicted octanol–water partition coefficient (Wildman–Crippen LogP) is 4.43. The van der Waals surface area contributed by atoms with Gasteiger partial charge in [0.05, 0.1) is 5.52 Å². The molecule has 0 spiro atoms. The lowest BCUT2D eigenvalue weighted by molar-refractivity contribution is 0.103. The second-order valence-corrected chi connectivity index (χ2v) is 5.12. The molecule has 98 valence electrons. The summed E-state index contributed by atoms with van der Waals surface area (Å²) in [6.45, 7) is 1.89. The van der Waals surface area contributed by atoms with Gasteiger partial charge in [-0.15, -0.1) is 0 Å². The van der Waals surface area contributed by atoms with E-state index in [0.29, 0.717) is 16.1 Å². The normalized spacial score (nSPS) is 10.7. The van der Waals surface area contributed by atoms with E-state index < -0.39 is 0 Å². The molecule has 0 unspecified atom stereocenters. The molecule has 0 radical (unpaired) electrons. The van der Waals surface area contributed by atoms with Crippen LogP contribution >= 0.6 is 11.6 Å². The van der Waals surface area contributed by atoms with Crippen molar-refractivity contribution in [1.29, 1.82) is 0 Å². The fourth-order valence-corrected chi connectivity index (χ4v) is 2.27. The molecule has 0 saturated carbocycles. The van der Waals surface area contributed by atoms with Crippen molar-refractivity contribution < 1.29 is 4.79 Å². The van der Waals surface area contributed by atoms with Crippen LogP contribution in [-0.4, -0.2) is 10.8 Å². The lowest BCUT2D eigenvalue weighted by atomic mass is 10.0. The van der Waals surface area contributed by atoms with E-state index in [1.54, 1.807) is 24.4 Å². The van der Waals surface area contributed by atoms with Crippen LogP contribution in [0.25, 0.3) is 10.9 Å². The molecule has 3 rings (SSSR count). The number of benzene rings is 2. The van der Waals surface area contributed by atoms with Crippen LogP contribution in [0.2, 0.25) is 5.02 Å². The summed E-state index contributed by atoms with van der Waals surface area (Å²) >= 11 is 5.99. The van der Waals surface area contributed by atoms with E-state index >= 15 is 0 Å².